The van der Waals surface area contributed by atoms with Crippen molar-refractivity contribution in [3.8, 4) is 0 Å². The lowest BCUT2D eigenvalue weighted by Gasteiger charge is -2.41. The molecule has 15 nitrogen and oxygen atoms in total. The lowest BCUT2D eigenvalue weighted by atomic mass is 9.85. The Hall–Kier alpha value is -2.01. The van der Waals surface area contributed by atoms with E-state index in [0.29, 0.717) is 38.5 Å². The van der Waals surface area contributed by atoms with Crippen molar-refractivity contribution in [3.63, 3.8) is 0 Å². The molecule has 0 bridgehead atoms. The summed E-state index contributed by atoms with van der Waals surface area (Å²) in [6.07, 6.45) is 15.0. The highest BCUT2D eigenvalue weighted by atomic mass is 31.2. The maximum atomic E-state index is 12.8. The van der Waals surface area contributed by atoms with E-state index >= 15 is 0 Å². The van der Waals surface area contributed by atoms with Crippen LogP contribution in [0.4, 0.5) is 0 Å². The molecule has 0 aromatic rings. The van der Waals surface area contributed by atoms with Gasteiger partial charge in [0, 0.05) is 12.8 Å². The van der Waals surface area contributed by atoms with Gasteiger partial charge in [-0.25, -0.2) is 4.57 Å². The van der Waals surface area contributed by atoms with E-state index in [9.17, 15) is 54.8 Å². The molecule has 1 rings (SSSR count). The Morgan fingerprint density at radius 3 is 1.75 bits per heavy atom. The summed E-state index contributed by atoms with van der Waals surface area (Å²) in [7, 11) is -5.16. The van der Waals surface area contributed by atoms with Gasteiger partial charge < -0.3 is 50.1 Å². The van der Waals surface area contributed by atoms with E-state index in [-0.39, 0.29) is 12.8 Å². The zero-order valence-corrected chi connectivity index (χ0v) is 36.4. The van der Waals surface area contributed by atoms with Gasteiger partial charge in [-0.1, -0.05) is 115 Å². The third-order valence-corrected chi connectivity index (χ3v) is 11.1. The summed E-state index contributed by atoms with van der Waals surface area (Å²) in [5.74, 6) is -1.23. The van der Waals surface area contributed by atoms with Gasteiger partial charge in [-0.2, -0.15) is 0 Å². The molecular formula is C43H77O15P. The molecule has 1 aliphatic carbocycles. The SMILES string of the molecule is CCC/C=C\C/C=C\CCCCCCCC(=O)OC[C@H](COP(=O)(O)OC1[C@H](O)[C@H](O)C(O)[C@H](O)[C@H]1O)OC(=O)CCCCCCC[C@H](O)[C@@H](O)C/C=C\CCCCC. The normalized spacial score (nSPS) is 23.8. The third-order valence-electron chi connectivity index (χ3n) is 10.1. The largest absolute Gasteiger partial charge is 0.472 e. The second kappa shape index (κ2) is 33.6. The smallest absolute Gasteiger partial charge is 0.462 e. The van der Waals surface area contributed by atoms with E-state index in [4.69, 9.17) is 18.5 Å². The Bertz CT molecular complexity index is 1210. The first-order chi connectivity index (χ1) is 28.2. The van der Waals surface area contributed by atoms with Crippen molar-refractivity contribution in [2.45, 2.75) is 210 Å². The number of aliphatic hydroxyl groups excluding tert-OH is 7. The maximum Gasteiger partial charge on any atom is 0.472 e. The number of ether oxygens (including phenoxy) is 2. The molecule has 0 aliphatic heterocycles. The number of unbranched alkanes of at least 4 members (excludes halogenated alkanes) is 13. The van der Waals surface area contributed by atoms with E-state index in [1.165, 1.54) is 6.42 Å². The van der Waals surface area contributed by atoms with Crippen LogP contribution in [0, 0.1) is 0 Å². The molecule has 1 saturated carbocycles. The molecule has 10 atom stereocenters. The Morgan fingerprint density at radius 1 is 0.593 bits per heavy atom. The number of aliphatic hydroxyl groups is 7. The summed E-state index contributed by atoms with van der Waals surface area (Å²) >= 11 is 0. The fraction of sp³-hybridized carbons (Fsp3) is 0.814. The summed E-state index contributed by atoms with van der Waals surface area (Å²) in [5.41, 5.74) is 0. The molecule has 0 spiro atoms. The minimum absolute atomic E-state index is 0.00593. The molecule has 0 aromatic carbocycles. The number of phosphoric acid groups is 1. The van der Waals surface area contributed by atoms with Crippen LogP contribution in [0.3, 0.4) is 0 Å². The Labute approximate surface area is 352 Å². The van der Waals surface area contributed by atoms with E-state index in [1.807, 2.05) is 12.2 Å². The molecule has 1 fully saturated rings. The molecule has 0 heterocycles. The predicted molar refractivity (Wildman–Crippen MR) is 224 cm³/mol. The van der Waals surface area contributed by atoms with E-state index in [2.05, 4.69) is 38.2 Å². The Morgan fingerprint density at radius 2 is 1.12 bits per heavy atom. The molecule has 0 amide bonds. The second-order valence-electron chi connectivity index (χ2n) is 15.5. The van der Waals surface area contributed by atoms with Crippen molar-refractivity contribution >= 4 is 19.8 Å². The quantitative estimate of drug-likeness (QED) is 0.0163. The van der Waals surface area contributed by atoms with Crippen molar-refractivity contribution in [3.05, 3.63) is 36.5 Å². The van der Waals surface area contributed by atoms with Crippen LogP contribution in [0.25, 0.3) is 0 Å². The van der Waals surface area contributed by atoms with Gasteiger partial charge in [-0.15, -0.1) is 0 Å². The van der Waals surface area contributed by atoms with Gasteiger partial charge in [0.2, 0.25) is 0 Å². The summed E-state index contributed by atoms with van der Waals surface area (Å²) in [6.45, 7) is 3.01. The van der Waals surface area contributed by atoms with Gasteiger partial charge in [0.15, 0.2) is 6.10 Å². The third kappa shape index (κ3) is 26.2. The summed E-state index contributed by atoms with van der Waals surface area (Å²) in [5, 5.41) is 70.5. The highest BCUT2D eigenvalue weighted by Gasteiger charge is 2.51. The number of allylic oxidation sites excluding steroid dienone is 5. The first kappa shape index (κ1) is 55.0. The molecule has 3 unspecified atom stereocenters. The molecule has 0 saturated heterocycles. The first-order valence-electron chi connectivity index (χ1n) is 22.0. The number of carbonyl (C=O) groups is 2. The van der Waals surface area contributed by atoms with Gasteiger partial charge >= 0.3 is 19.8 Å². The van der Waals surface area contributed by atoms with Crippen molar-refractivity contribution in [1.29, 1.82) is 0 Å². The Kier molecular flexibility index (Phi) is 31.3. The van der Waals surface area contributed by atoms with Gasteiger partial charge in [0.05, 0.1) is 18.8 Å². The van der Waals surface area contributed by atoms with E-state index in [1.54, 1.807) is 0 Å². The zero-order valence-electron chi connectivity index (χ0n) is 35.5. The van der Waals surface area contributed by atoms with Crippen LogP contribution in [0.5, 0.6) is 0 Å². The Balaban J connectivity index is 2.55. The first-order valence-corrected chi connectivity index (χ1v) is 23.5. The van der Waals surface area contributed by atoms with Crippen LogP contribution in [-0.4, -0.2) is 121 Å². The molecule has 344 valence electrons. The van der Waals surface area contributed by atoms with Crippen LogP contribution >= 0.6 is 7.82 Å². The van der Waals surface area contributed by atoms with Crippen LogP contribution < -0.4 is 0 Å². The van der Waals surface area contributed by atoms with Crippen molar-refractivity contribution in [1.82, 2.24) is 0 Å². The fourth-order valence-electron chi connectivity index (χ4n) is 6.41. The maximum absolute atomic E-state index is 12.8. The number of carbonyl (C=O) groups excluding carboxylic acids is 2. The molecule has 16 heteroatoms. The summed E-state index contributed by atoms with van der Waals surface area (Å²) < 4.78 is 33.3. The van der Waals surface area contributed by atoms with Crippen molar-refractivity contribution < 1.29 is 73.3 Å². The second-order valence-corrected chi connectivity index (χ2v) is 16.9. The topological polar surface area (TPSA) is 250 Å². The van der Waals surface area contributed by atoms with Gasteiger partial charge in [0.25, 0.3) is 0 Å². The standard InChI is InChI=1S/C43H77O15P/c1-3-5-7-9-11-12-13-14-15-16-17-21-25-29-36(46)55-31-33(32-56-59(53,54)58-43-41(51)39(49)38(48)40(50)42(43)52)57-37(47)30-26-22-18-20-24-28-35(45)34(44)27-23-19-10-8-6-4-2/h7,9,12-13,19,23,33-35,38-45,48-52H,3-6,8,10-11,14-18,20-22,24-32H2,1-2H3,(H,53,54)/b9-7-,13-12-,23-19-/t33-,34+,35+,38?,39-,40+,41-,42-,43?/m1/s1. The molecule has 0 aromatic heterocycles. The summed E-state index contributed by atoms with van der Waals surface area (Å²) in [4.78, 5) is 35.6. The number of phosphoric ester groups is 1. The molecule has 59 heavy (non-hydrogen) atoms. The molecule has 8 N–H and O–H groups in total. The average molecular weight is 865 g/mol. The number of esters is 2. The lowest BCUT2D eigenvalue weighted by molar-refractivity contribution is -0.220. The zero-order chi connectivity index (χ0) is 43.9. The predicted octanol–water partition coefficient (Wildman–Crippen LogP) is 5.77. The van der Waals surface area contributed by atoms with Gasteiger partial charge in [0.1, 0.15) is 43.2 Å². The van der Waals surface area contributed by atoms with Gasteiger partial charge in [-0.05, 0) is 64.2 Å². The van der Waals surface area contributed by atoms with Crippen molar-refractivity contribution in [2.75, 3.05) is 13.2 Å². The van der Waals surface area contributed by atoms with Crippen LogP contribution in [0.2, 0.25) is 0 Å². The highest BCUT2D eigenvalue weighted by Crippen LogP contribution is 2.47. The number of rotatable bonds is 35. The van der Waals surface area contributed by atoms with E-state index in [0.717, 1.165) is 83.5 Å². The minimum Gasteiger partial charge on any atom is -0.462 e. The molecule has 1 aliphatic rings. The average Bonchev–Trinajstić information content (AvgIpc) is 3.21. The van der Waals surface area contributed by atoms with Crippen molar-refractivity contribution in [2.24, 2.45) is 0 Å². The molecule has 0 radical (unpaired) electrons. The van der Waals surface area contributed by atoms with Crippen LogP contribution in [-0.2, 0) is 32.7 Å². The minimum atomic E-state index is -5.16. The summed E-state index contributed by atoms with van der Waals surface area (Å²) in [6, 6.07) is 0. The fourth-order valence-corrected chi connectivity index (χ4v) is 7.38. The molecular weight excluding hydrogens is 787 g/mol. The lowest BCUT2D eigenvalue weighted by Crippen LogP contribution is -2.64. The van der Waals surface area contributed by atoms with Crippen LogP contribution in [0.1, 0.15) is 155 Å². The highest BCUT2D eigenvalue weighted by molar-refractivity contribution is 7.47. The number of hydrogen-bond donors (Lipinski definition) is 8. The van der Waals surface area contributed by atoms with Gasteiger partial charge in [-0.3, -0.25) is 18.6 Å². The van der Waals surface area contributed by atoms with E-state index < -0.39 is 87.9 Å². The number of hydrogen-bond acceptors (Lipinski definition) is 14. The van der Waals surface area contributed by atoms with Crippen LogP contribution in [0.15, 0.2) is 36.5 Å². The monoisotopic (exact) mass is 865 g/mol.